The maximum absolute atomic E-state index is 12.4. The second kappa shape index (κ2) is 8.88. The summed E-state index contributed by atoms with van der Waals surface area (Å²) in [6.07, 6.45) is 5.34. The topological polar surface area (TPSA) is 66.3 Å². The predicted octanol–water partition coefficient (Wildman–Crippen LogP) is 2.45. The lowest BCUT2D eigenvalue weighted by Gasteiger charge is -2.19. The number of carbonyl (C=O) groups is 1. The molecule has 146 valence electrons. The summed E-state index contributed by atoms with van der Waals surface area (Å²) in [6.45, 7) is 2.15. The van der Waals surface area contributed by atoms with Crippen molar-refractivity contribution in [3.63, 3.8) is 0 Å². The highest BCUT2D eigenvalue weighted by molar-refractivity contribution is 5.73. The van der Waals surface area contributed by atoms with Gasteiger partial charge in [0.2, 0.25) is 0 Å². The van der Waals surface area contributed by atoms with E-state index in [1.54, 1.807) is 4.90 Å². The lowest BCUT2D eigenvalue weighted by atomic mass is 10.2. The molecule has 0 aliphatic carbocycles. The average molecular weight is 371 g/mol. The van der Waals surface area contributed by atoms with E-state index in [1.165, 1.54) is 19.3 Å². The molecule has 0 spiro atoms. The van der Waals surface area contributed by atoms with Crippen molar-refractivity contribution in [1.82, 2.24) is 25.0 Å². The van der Waals surface area contributed by atoms with Crippen LogP contribution in [0.3, 0.4) is 0 Å². The molecule has 0 saturated carbocycles. The van der Waals surface area contributed by atoms with Crippen LogP contribution in [0.2, 0.25) is 0 Å². The van der Waals surface area contributed by atoms with Crippen LogP contribution in [0.4, 0.5) is 10.5 Å². The molecule has 27 heavy (non-hydrogen) atoms. The first-order chi connectivity index (χ1) is 13.0. The van der Waals surface area contributed by atoms with Crippen molar-refractivity contribution in [3.05, 3.63) is 41.5 Å². The first kappa shape index (κ1) is 19.2. The van der Waals surface area contributed by atoms with Crippen LogP contribution in [0.5, 0.6) is 0 Å². The Bertz CT molecular complexity index is 752. The fourth-order valence-electron chi connectivity index (χ4n) is 3.39. The zero-order valence-electron chi connectivity index (χ0n) is 16.6. The minimum Gasteiger partial charge on any atom is -0.378 e. The largest absolute Gasteiger partial charge is 0.378 e. The van der Waals surface area contributed by atoms with Gasteiger partial charge in [-0.2, -0.15) is 0 Å². The van der Waals surface area contributed by atoms with E-state index in [4.69, 9.17) is 0 Å². The lowest BCUT2D eigenvalue weighted by molar-refractivity contribution is 0.207. The Morgan fingerprint density at radius 3 is 2.63 bits per heavy atom. The van der Waals surface area contributed by atoms with Crippen LogP contribution in [0.25, 0.3) is 0 Å². The van der Waals surface area contributed by atoms with Crippen molar-refractivity contribution < 1.29 is 4.79 Å². The van der Waals surface area contributed by atoms with Gasteiger partial charge in [-0.1, -0.05) is 18.6 Å². The number of aryl methyl sites for hydroxylation is 1. The summed E-state index contributed by atoms with van der Waals surface area (Å²) < 4.78 is 2.23. The third kappa shape index (κ3) is 4.99. The van der Waals surface area contributed by atoms with Gasteiger partial charge in [-0.25, -0.2) is 4.79 Å². The van der Waals surface area contributed by atoms with E-state index in [9.17, 15) is 4.79 Å². The number of nitrogens with zero attached hydrogens (tertiary/aromatic N) is 5. The second-order valence-electron chi connectivity index (χ2n) is 7.39. The molecule has 7 nitrogen and oxygen atoms in total. The molecule has 0 bridgehead atoms. The lowest BCUT2D eigenvalue weighted by Crippen LogP contribution is -2.38. The van der Waals surface area contributed by atoms with E-state index in [0.29, 0.717) is 19.5 Å². The summed E-state index contributed by atoms with van der Waals surface area (Å²) in [6, 6.07) is 8.19. The van der Waals surface area contributed by atoms with Crippen LogP contribution in [0.1, 0.15) is 36.5 Å². The highest BCUT2D eigenvalue weighted by Crippen LogP contribution is 2.15. The number of amides is 2. The van der Waals surface area contributed by atoms with Gasteiger partial charge in [-0.15, -0.1) is 10.2 Å². The summed E-state index contributed by atoms with van der Waals surface area (Å²) in [5.74, 6) is 2.07. The maximum atomic E-state index is 12.4. The Morgan fingerprint density at radius 1 is 1.11 bits per heavy atom. The SMILES string of the molecule is CN(Cc1ccc(N(C)C)cc1)C(=O)NCCc1nnc2n1CCCCC2. The van der Waals surface area contributed by atoms with E-state index in [2.05, 4.69) is 49.2 Å². The number of aromatic nitrogens is 3. The van der Waals surface area contributed by atoms with Crippen molar-refractivity contribution in [2.75, 3.05) is 32.6 Å². The Labute approximate surface area is 161 Å². The number of benzene rings is 1. The van der Waals surface area contributed by atoms with Crippen molar-refractivity contribution in [1.29, 1.82) is 0 Å². The molecule has 1 aromatic carbocycles. The summed E-state index contributed by atoms with van der Waals surface area (Å²) >= 11 is 0. The Kier molecular flexibility index (Phi) is 6.32. The number of rotatable bonds is 6. The number of carbonyl (C=O) groups excluding carboxylic acids is 1. The highest BCUT2D eigenvalue weighted by Gasteiger charge is 2.15. The normalized spacial score (nSPS) is 13.6. The smallest absolute Gasteiger partial charge is 0.317 e. The summed E-state index contributed by atoms with van der Waals surface area (Å²) in [4.78, 5) is 16.1. The summed E-state index contributed by atoms with van der Waals surface area (Å²) in [5.41, 5.74) is 2.26. The van der Waals surface area contributed by atoms with Gasteiger partial charge in [0.15, 0.2) is 0 Å². The van der Waals surface area contributed by atoms with Crippen LogP contribution in [0, 0.1) is 0 Å². The monoisotopic (exact) mass is 370 g/mol. The van der Waals surface area contributed by atoms with Gasteiger partial charge in [-0.05, 0) is 30.5 Å². The Balaban J connectivity index is 1.47. The average Bonchev–Trinajstić information content (AvgIpc) is 2.88. The first-order valence-electron chi connectivity index (χ1n) is 9.71. The molecule has 1 N–H and O–H groups in total. The molecule has 1 aliphatic heterocycles. The minimum absolute atomic E-state index is 0.0673. The van der Waals surface area contributed by atoms with E-state index in [0.717, 1.165) is 35.9 Å². The predicted molar refractivity (Wildman–Crippen MR) is 107 cm³/mol. The van der Waals surface area contributed by atoms with E-state index >= 15 is 0 Å². The summed E-state index contributed by atoms with van der Waals surface area (Å²) in [7, 11) is 5.85. The third-order valence-electron chi connectivity index (χ3n) is 5.03. The molecule has 0 atom stereocenters. The van der Waals surface area contributed by atoms with Crippen molar-refractivity contribution in [2.45, 2.75) is 45.2 Å². The number of hydrogen-bond donors (Lipinski definition) is 1. The molecule has 7 heteroatoms. The van der Waals surface area contributed by atoms with Gasteiger partial charge in [0, 0.05) is 59.3 Å². The zero-order chi connectivity index (χ0) is 19.2. The van der Waals surface area contributed by atoms with Crippen LogP contribution < -0.4 is 10.2 Å². The highest BCUT2D eigenvalue weighted by atomic mass is 16.2. The number of fused-ring (bicyclic) bond motifs is 1. The maximum Gasteiger partial charge on any atom is 0.317 e. The molecule has 0 unspecified atom stereocenters. The summed E-state index contributed by atoms with van der Waals surface area (Å²) in [5, 5.41) is 11.6. The molecular formula is C20H30N6O. The van der Waals surface area contributed by atoms with E-state index in [-0.39, 0.29) is 6.03 Å². The van der Waals surface area contributed by atoms with Crippen molar-refractivity contribution in [3.8, 4) is 0 Å². The van der Waals surface area contributed by atoms with Gasteiger partial charge in [0.05, 0.1) is 0 Å². The van der Waals surface area contributed by atoms with Gasteiger partial charge in [0.25, 0.3) is 0 Å². The fourth-order valence-corrected chi connectivity index (χ4v) is 3.39. The van der Waals surface area contributed by atoms with Crippen LogP contribution >= 0.6 is 0 Å². The van der Waals surface area contributed by atoms with Gasteiger partial charge in [0.1, 0.15) is 11.6 Å². The molecule has 2 aromatic rings. The van der Waals surface area contributed by atoms with Crippen LogP contribution in [-0.2, 0) is 25.9 Å². The molecule has 0 fully saturated rings. The van der Waals surface area contributed by atoms with Gasteiger partial charge >= 0.3 is 6.03 Å². The van der Waals surface area contributed by atoms with Crippen molar-refractivity contribution >= 4 is 11.7 Å². The standard InChI is InChI=1S/C20H30N6O/c1-24(2)17-10-8-16(9-11-17)15-25(3)20(27)21-13-12-19-23-22-18-7-5-4-6-14-26(18)19/h8-11H,4-7,12-15H2,1-3H3,(H,21,27). The Hall–Kier alpha value is -2.57. The molecule has 3 rings (SSSR count). The molecule has 1 aliphatic rings. The molecule has 2 heterocycles. The number of hydrogen-bond acceptors (Lipinski definition) is 4. The van der Waals surface area contributed by atoms with E-state index < -0.39 is 0 Å². The Morgan fingerprint density at radius 2 is 1.89 bits per heavy atom. The molecule has 0 saturated heterocycles. The fraction of sp³-hybridized carbons (Fsp3) is 0.550. The molecule has 1 aromatic heterocycles. The van der Waals surface area contributed by atoms with Crippen molar-refractivity contribution in [2.24, 2.45) is 0 Å². The molecule has 0 radical (unpaired) electrons. The molecule has 2 amide bonds. The number of urea groups is 1. The van der Waals surface area contributed by atoms with Gasteiger partial charge < -0.3 is 19.7 Å². The second-order valence-corrected chi connectivity index (χ2v) is 7.39. The van der Waals surface area contributed by atoms with E-state index in [1.807, 2.05) is 21.1 Å². The number of nitrogens with one attached hydrogen (secondary N) is 1. The zero-order valence-corrected chi connectivity index (χ0v) is 16.6. The quantitative estimate of drug-likeness (QED) is 0.848. The first-order valence-corrected chi connectivity index (χ1v) is 9.71. The number of anilines is 1. The molecular weight excluding hydrogens is 340 g/mol. The van der Waals surface area contributed by atoms with Crippen LogP contribution in [0.15, 0.2) is 24.3 Å². The third-order valence-corrected chi connectivity index (χ3v) is 5.03. The van der Waals surface area contributed by atoms with Gasteiger partial charge in [-0.3, -0.25) is 0 Å². The minimum atomic E-state index is -0.0673. The van der Waals surface area contributed by atoms with Crippen LogP contribution in [-0.4, -0.2) is 53.4 Å².